The number of anilines is 1. The summed E-state index contributed by atoms with van der Waals surface area (Å²) in [6, 6.07) is 14.0. The van der Waals surface area contributed by atoms with E-state index in [0.29, 0.717) is 28.3 Å². The van der Waals surface area contributed by atoms with Gasteiger partial charge in [0.1, 0.15) is 30.5 Å². The van der Waals surface area contributed by atoms with Gasteiger partial charge in [0.15, 0.2) is 0 Å². The van der Waals surface area contributed by atoms with Crippen molar-refractivity contribution in [2.75, 3.05) is 5.73 Å². The van der Waals surface area contributed by atoms with E-state index in [4.69, 9.17) is 15.2 Å². The van der Waals surface area contributed by atoms with E-state index in [-0.39, 0.29) is 12.2 Å². The zero-order chi connectivity index (χ0) is 22.0. The minimum absolute atomic E-state index is 0.141. The molecule has 7 heteroatoms. The molecular weight excluding hydrogens is 412 g/mol. The minimum Gasteiger partial charge on any atom is -0.489 e. The molecule has 4 aromatic rings. The molecule has 0 radical (unpaired) electrons. The Hall–Kier alpha value is -3.58. The number of fused-ring (bicyclic) bond motifs is 1. The molecule has 2 heterocycles. The summed E-state index contributed by atoms with van der Waals surface area (Å²) in [5.41, 5.74) is 10.3. The maximum Gasteiger partial charge on any atom is 0.338 e. The maximum atomic E-state index is 11.5. The highest BCUT2D eigenvalue weighted by molar-refractivity contribution is 7.17. The highest BCUT2D eigenvalue weighted by atomic mass is 32.1. The third kappa shape index (κ3) is 4.62. The van der Waals surface area contributed by atoms with Crippen LogP contribution in [0.25, 0.3) is 10.1 Å². The van der Waals surface area contributed by atoms with E-state index < -0.39 is 5.97 Å². The third-order valence-corrected chi connectivity index (χ3v) is 5.94. The molecule has 0 amide bonds. The highest BCUT2D eigenvalue weighted by Gasteiger charge is 2.17. The van der Waals surface area contributed by atoms with Crippen LogP contribution in [0.2, 0.25) is 0 Å². The van der Waals surface area contributed by atoms with E-state index >= 15 is 0 Å². The maximum absolute atomic E-state index is 11.5. The number of hydrogen-bond acceptors (Lipinski definition) is 6. The number of nitrogen functional groups attached to an aromatic ring is 1. The predicted octanol–water partition coefficient (Wildman–Crippen LogP) is 5.35. The fourth-order valence-electron chi connectivity index (χ4n) is 3.28. The van der Waals surface area contributed by atoms with Crippen LogP contribution in [-0.2, 0) is 13.2 Å². The molecule has 0 saturated carbocycles. The van der Waals surface area contributed by atoms with Crippen LogP contribution in [0.3, 0.4) is 0 Å². The SMILES string of the molecule is Cc1ccc(COc2cc(C)cc(OCc3csc4c(C(=O)O)cnc(N)c34)c2)cc1. The molecule has 0 fully saturated rings. The lowest BCUT2D eigenvalue weighted by Gasteiger charge is -2.12. The number of carboxylic acids is 1. The Kier molecular flexibility index (Phi) is 5.77. The van der Waals surface area contributed by atoms with E-state index in [2.05, 4.69) is 24.0 Å². The van der Waals surface area contributed by atoms with Gasteiger partial charge in [0.05, 0.1) is 10.3 Å². The van der Waals surface area contributed by atoms with Crippen LogP contribution >= 0.6 is 11.3 Å². The number of nitrogens with zero attached hydrogens (tertiary/aromatic N) is 1. The normalized spacial score (nSPS) is 10.9. The lowest BCUT2D eigenvalue weighted by molar-refractivity contribution is 0.0699. The van der Waals surface area contributed by atoms with Gasteiger partial charge >= 0.3 is 5.97 Å². The van der Waals surface area contributed by atoms with Gasteiger partial charge in [-0.15, -0.1) is 11.3 Å². The summed E-state index contributed by atoms with van der Waals surface area (Å²) >= 11 is 1.33. The van der Waals surface area contributed by atoms with Gasteiger partial charge < -0.3 is 20.3 Å². The lowest BCUT2D eigenvalue weighted by Crippen LogP contribution is -2.02. The Morgan fingerprint density at radius 1 is 1.03 bits per heavy atom. The van der Waals surface area contributed by atoms with Crippen LogP contribution < -0.4 is 15.2 Å². The molecule has 0 bridgehead atoms. The third-order valence-electron chi connectivity index (χ3n) is 4.88. The van der Waals surface area contributed by atoms with Crippen LogP contribution in [0.5, 0.6) is 11.5 Å². The summed E-state index contributed by atoms with van der Waals surface area (Å²) in [4.78, 5) is 15.5. The topological polar surface area (TPSA) is 94.7 Å². The van der Waals surface area contributed by atoms with Crippen LogP contribution in [0, 0.1) is 13.8 Å². The second kappa shape index (κ2) is 8.65. The number of carbonyl (C=O) groups is 1. The fraction of sp³-hybridized carbons (Fsp3) is 0.167. The van der Waals surface area contributed by atoms with Crippen molar-refractivity contribution in [3.05, 3.63) is 81.9 Å². The van der Waals surface area contributed by atoms with Crippen molar-refractivity contribution in [1.29, 1.82) is 0 Å². The van der Waals surface area contributed by atoms with Crippen molar-refractivity contribution >= 4 is 33.2 Å². The summed E-state index contributed by atoms with van der Waals surface area (Å²) < 4.78 is 12.5. The van der Waals surface area contributed by atoms with Gasteiger partial charge in [0, 0.05) is 23.2 Å². The smallest absolute Gasteiger partial charge is 0.338 e. The summed E-state index contributed by atoms with van der Waals surface area (Å²) in [5.74, 6) is 0.659. The van der Waals surface area contributed by atoms with Crippen LogP contribution in [-0.4, -0.2) is 16.1 Å². The van der Waals surface area contributed by atoms with E-state index in [9.17, 15) is 9.90 Å². The number of thiophene rings is 1. The number of benzene rings is 2. The van der Waals surface area contributed by atoms with Crippen LogP contribution in [0.4, 0.5) is 5.82 Å². The number of hydrogen-bond donors (Lipinski definition) is 2. The quantitative estimate of drug-likeness (QED) is 0.407. The Morgan fingerprint density at radius 3 is 2.39 bits per heavy atom. The van der Waals surface area contributed by atoms with E-state index in [1.54, 1.807) is 0 Å². The first-order valence-electron chi connectivity index (χ1n) is 9.71. The molecule has 4 rings (SSSR count). The number of nitrogens with two attached hydrogens (primary N) is 1. The summed E-state index contributed by atoms with van der Waals surface area (Å²) in [5, 5.41) is 11.9. The number of aryl methyl sites for hydroxylation is 2. The van der Waals surface area contributed by atoms with Crippen LogP contribution in [0.1, 0.15) is 32.6 Å². The van der Waals surface area contributed by atoms with E-state index in [1.165, 1.54) is 23.1 Å². The minimum atomic E-state index is -1.03. The molecule has 0 aliphatic carbocycles. The Bertz CT molecular complexity index is 1250. The number of ether oxygens (including phenoxy) is 2. The van der Waals surface area contributed by atoms with Crippen molar-refractivity contribution in [3.63, 3.8) is 0 Å². The first-order chi connectivity index (χ1) is 14.9. The van der Waals surface area contributed by atoms with Crippen molar-refractivity contribution < 1.29 is 19.4 Å². The Balaban J connectivity index is 1.50. The average molecular weight is 435 g/mol. The van der Waals surface area contributed by atoms with Gasteiger partial charge in [0.2, 0.25) is 0 Å². The predicted molar refractivity (Wildman–Crippen MR) is 122 cm³/mol. The number of carboxylic acid groups (broad SMARTS) is 1. The largest absolute Gasteiger partial charge is 0.489 e. The second-order valence-electron chi connectivity index (χ2n) is 7.37. The van der Waals surface area contributed by atoms with Crippen molar-refractivity contribution in [1.82, 2.24) is 4.98 Å². The Morgan fingerprint density at radius 2 is 1.71 bits per heavy atom. The molecule has 0 unspecified atom stereocenters. The molecule has 0 aliphatic rings. The van der Waals surface area contributed by atoms with Gasteiger partial charge in [-0.1, -0.05) is 29.8 Å². The standard InChI is InChI=1S/C24H22N2O4S/c1-14-3-5-16(6-4-14)11-29-18-7-15(2)8-19(9-18)30-12-17-13-31-22-20(24(27)28)10-26-23(25)21(17)22/h3-10,13H,11-12H2,1-2H3,(H2,25,26)(H,27,28). The zero-order valence-electron chi connectivity index (χ0n) is 17.2. The first-order valence-corrected chi connectivity index (χ1v) is 10.6. The van der Waals surface area contributed by atoms with E-state index in [0.717, 1.165) is 22.4 Å². The first kappa shape index (κ1) is 20.7. The fourth-order valence-corrected chi connectivity index (χ4v) is 4.35. The van der Waals surface area contributed by atoms with Crippen molar-refractivity contribution in [3.8, 4) is 11.5 Å². The van der Waals surface area contributed by atoms with Gasteiger partial charge in [-0.3, -0.25) is 0 Å². The molecule has 2 aromatic heterocycles. The molecule has 0 atom stereocenters. The summed E-state index contributed by atoms with van der Waals surface area (Å²) in [6.07, 6.45) is 1.29. The number of rotatable bonds is 7. The van der Waals surface area contributed by atoms with Gasteiger partial charge in [-0.05, 0) is 42.5 Å². The molecule has 31 heavy (non-hydrogen) atoms. The molecule has 2 aromatic carbocycles. The molecule has 0 saturated heterocycles. The summed E-state index contributed by atoms with van der Waals surface area (Å²) in [6.45, 7) is 4.75. The monoisotopic (exact) mass is 434 g/mol. The van der Waals surface area contributed by atoms with Crippen molar-refractivity contribution in [2.45, 2.75) is 27.1 Å². The molecule has 158 valence electrons. The van der Waals surface area contributed by atoms with Gasteiger partial charge in [-0.2, -0.15) is 0 Å². The molecule has 0 spiro atoms. The molecule has 6 nitrogen and oxygen atoms in total. The second-order valence-corrected chi connectivity index (χ2v) is 8.25. The van der Waals surface area contributed by atoms with Gasteiger partial charge in [0.25, 0.3) is 0 Å². The zero-order valence-corrected chi connectivity index (χ0v) is 18.0. The van der Waals surface area contributed by atoms with Crippen molar-refractivity contribution in [2.24, 2.45) is 0 Å². The highest BCUT2D eigenvalue weighted by Crippen LogP contribution is 2.33. The molecular formula is C24H22N2O4S. The number of pyridine rings is 1. The average Bonchev–Trinajstić information content (AvgIpc) is 3.16. The lowest BCUT2D eigenvalue weighted by atomic mass is 10.1. The van der Waals surface area contributed by atoms with Gasteiger partial charge in [-0.25, -0.2) is 9.78 Å². The summed E-state index contributed by atoms with van der Waals surface area (Å²) in [7, 11) is 0. The number of aromatic carboxylic acids is 1. The molecule has 0 aliphatic heterocycles. The van der Waals surface area contributed by atoms with E-state index in [1.807, 2.05) is 42.6 Å². The Labute approximate surface area is 183 Å². The number of aromatic nitrogens is 1. The molecule has 3 N–H and O–H groups in total. The van der Waals surface area contributed by atoms with Crippen LogP contribution in [0.15, 0.2) is 54.0 Å².